The molecule has 0 radical (unpaired) electrons. The molecule has 0 heterocycles. The predicted octanol–water partition coefficient (Wildman–Crippen LogP) is 2.37. The van der Waals surface area contributed by atoms with E-state index in [4.69, 9.17) is 4.74 Å². The fraction of sp³-hybridized carbons (Fsp3) is 0.562. The first-order valence-electron chi connectivity index (χ1n) is 7.45. The maximum absolute atomic E-state index is 14.0. The number of ether oxygens (including phenoxy) is 1. The molecule has 5 heteroatoms. The zero-order chi connectivity index (χ0) is 15.4. The fourth-order valence-corrected chi connectivity index (χ4v) is 2.00. The Morgan fingerprint density at radius 3 is 2.71 bits per heavy atom. The number of halogens is 1. The molecule has 0 aromatic heterocycles. The van der Waals surface area contributed by atoms with Crippen LogP contribution in [0.5, 0.6) is 5.75 Å². The maximum Gasteiger partial charge on any atom is 0.260 e. The second-order valence-electron chi connectivity index (χ2n) is 5.81. The second-order valence-corrected chi connectivity index (χ2v) is 5.81. The first-order chi connectivity index (χ1) is 9.97. The summed E-state index contributed by atoms with van der Waals surface area (Å²) in [6.45, 7) is 5.93. The molecule has 21 heavy (non-hydrogen) atoms. The predicted molar refractivity (Wildman–Crippen MR) is 79.6 cm³/mol. The molecule has 1 saturated carbocycles. The van der Waals surface area contributed by atoms with Gasteiger partial charge in [0.1, 0.15) is 0 Å². The van der Waals surface area contributed by atoms with Gasteiger partial charge < -0.3 is 15.4 Å². The van der Waals surface area contributed by atoms with Crippen molar-refractivity contribution in [3.8, 4) is 5.75 Å². The van der Waals surface area contributed by atoms with E-state index in [-0.39, 0.29) is 17.7 Å². The Kier molecular flexibility index (Phi) is 5.17. The molecule has 1 aromatic rings. The summed E-state index contributed by atoms with van der Waals surface area (Å²) in [5, 5.41) is 6.09. The number of nitrogens with one attached hydrogen (secondary N) is 2. The largest absolute Gasteiger partial charge is 0.477 e. The average Bonchev–Trinajstić information content (AvgIpc) is 3.22. The van der Waals surface area contributed by atoms with E-state index in [1.54, 1.807) is 13.0 Å². The number of carbonyl (C=O) groups is 1. The lowest BCUT2D eigenvalue weighted by molar-refractivity contribution is -0.127. The monoisotopic (exact) mass is 294 g/mol. The highest BCUT2D eigenvalue weighted by Crippen LogP contribution is 2.26. The quantitative estimate of drug-likeness (QED) is 0.812. The SMILES string of the molecule is CC(C)NC(=O)C(C)Oc1c(F)cccc1CNC1CC1. The number of para-hydroxylation sites is 1. The van der Waals surface area contributed by atoms with Gasteiger partial charge in [-0.3, -0.25) is 4.79 Å². The smallest absolute Gasteiger partial charge is 0.260 e. The van der Waals surface area contributed by atoms with Crippen molar-refractivity contribution < 1.29 is 13.9 Å². The van der Waals surface area contributed by atoms with Gasteiger partial charge in [-0.2, -0.15) is 0 Å². The van der Waals surface area contributed by atoms with Gasteiger partial charge in [-0.25, -0.2) is 4.39 Å². The molecule has 0 aliphatic heterocycles. The standard InChI is InChI=1S/C16H23FN2O2/c1-10(2)19-16(20)11(3)21-15-12(5-4-6-14(15)17)9-18-13-7-8-13/h4-6,10-11,13,18H,7-9H2,1-3H3,(H,19,20). The molecule has 1 aliphatic rings. The molecule has 2 N–H and O–H groups in total. The summed E-state index contributed by atoms with van der Waals surface area (Å²) < 4.78 is 19.6. The maximum atomic E-state index is 14.0. The molecule has 1 aromatic carbocycles. The van der Waals surface area contributed by atoms with Crippen LogP contribution in [0.3, 0.4) is 0 Å². The van der Waals surface area contributed by atoms with Crippen LogP contribution in [0, 0.1) is 5.82 Å². The van der Waals surface area contributed by atoms with E-state index in [1.807, 2.05) is 19.9 Å². The number of carbonyl (C=O) groups excluding carboxylic acids is 1. The third-order valence-corrected chi connectivity index (χ3v) is 3.30. The van der Waals surface area contributed by atoms with Crippen molar-refractivity contribution in [3.63, 3.8) is 0 Å². The molecule has 0 spiro atoms. The lowest BCUT2D eigenvalue weighted by Gasteiger charge is -2.19. The van der Waals surface area contributed by atoms with Gasteiger partial charge in [0, 0.05) is 24.2 Å². The Bertz CT molecular complexity index is 501. The lowest BCUT2D eigenvalue weighted by atomic mass is 10.2. The number of amides is 1. The highest BCUT2D eigenvalue weighted by atomic mass is 19.1. The van der Waals surface area contributed by atoms with E-state index >= 15 is 0 Å². The highest BCUT2D eigenvalue weighted by Gasteiger charge is 2.23. The van der Waals surface area contributed by atoms with Crippen LogP contribution in [-0.4, -0.2) is 24.1 Å². The Morgan fingerprint density at radius 2 is 2.10 bits per heavy atom. The Morgan fingerprint density at radius 1 is 1.38 bits per heavy atom. The second kappa shape index (κ2) is 6.89. The molecule has 116 valence electrons. The molecule has 2 rings (SSSR count). The van der Waals surface area contributed by atoms with E-state index < -0.39 is 11.9 Å². The Hall–Kier alpha value is -1.62. The topological polar surface area (TPSA) is 50.4 Å². The zero-order valence-corrected chi connectivity index (χ0v) is 12.8. The van der Waals surface area contributed by atoms with Crippen molar-refractivity contribution in [1.29, 1.82) is 0 Å². The third-order valence-electron chi connectivity index (χ3n) is 3.30. The summed E-state index contributed by atoms with van der Waals surface area (Å²) >= 11 is 0. The minimum absolute atomic E-state index is 0.0279. The number of hydrogen-bond acceptors (Lipinski definition) is 3. The van der Waals surface area contributed by atoms with Gasteiger partial charge in [-0.15, -0.1) is 0 Å². The fourth-order valence-electron chi connectivity index (χ4n) is 2.00. The minimum atomic E-state index is -0.732. The third kappa shape index (κ3) is 4.70. The number of rotatable bonds is 7. The number of hydrogen-bond donors (Lipinski definition) is 2. The van der Waals surface area contributed by atoms with E-state index in [0.717, 1.165) is 5.56 Å². The van der Waals surface area contributed by atoms with Crippen molar-refractivity contribution in [1.82, 2.24) is 10.6 Å². The van der Waals surface area contributed by atoms with Crippen molar-refractivity contribution >= 4 is 5.91 Å². The molecule has 0 saturated heterocycles. The highest BCUT2D eigenvalue weighted by molar-refractivity contribution is 5.80. The van der Waals surface area contributed by atoms with E-state index in [9.17, 15) is 9.18 Å². The van der Waals surface area contributed by atoms with Crippen LogP contribution in [0.25, 0.3) is 0 Å². The van der Waals surface area contributed by atoms with Gasteiger partial charge in [0.25, 0.3) is 5.91 Å². The van der Waals surface area contributed by atoms with Crippen LogP contribution in [0.4, 0.5) is 4.39 Å². The summed E-state index contributed by atoms with van der Waals surface area (Å²) in [4.78, 5) is 11.9. The lowest BCUT2D eigenvalue weighted by Crippen LogP contribution is -2.40. The average molecular weight is 294 g/mol. The van der Waals surface area contributed by atoms with E-state index in [2.05, 4.69) is 10.6 Å². The van der Waals surface area contributed by atoms with Gasteiger partial charge in [0.2, 0.25) is 0 Å². The summed E-state index contributed by atoms with van der Waals surface area (Å²) in [5.41, 5.74) is 0.742. The molecular weight excluding hydrogens is 271 g/mol. The summed E-state index contributed by atoms with van der Waals surface area (Å²) in [6, 6.07) is 5.39. The van der Waals surface area contributed by atoms with Crippen LogP contribution in [0.15, 0.2) is 18.2 Å². The van der Waals surface area contributed by atoms with Crippen LogP contribution in [-0.2, 0) is 11.3 Å². The van der Waals surface area contributed by atoms with Crippen molar-refractivity contribution in [2.45, 2.75) is 58.3 Å². The van der Waals surface area contributed by atoms with Gasteiger partial charge in [0.05, 0.1) is 0 Å². The minimum Gasteiger partial charge on any atom is -0.477 e. The molecule has 1 fully saturated rings. The molecule has 4 nitrogen and oxygen atoms in total. The molecule has 0 bridgehead atoms. The molecule has 1 atom stereocenters. The molecular formula is C16H23FN2O2. The summed E-state index contributed by atoms with van der Waals surface area (Å²) in [7, 11) is 0. The van der Waals surface area contributed by atoms with Crippen molar-refractivity contribution in [2.75, 3.05) is 0 Å². The van der Waals surface area contributed by atoms with Gasteiger partial charge in [0.15, 0.2) is 17.7 Å². The molecule has 1 unspecified atom stereocenters. The normalized spacial score (nSPS) is 15.9. The zero-order valence-electron chi connectivity index (χ0n) is 12.8. The van der Waals surface area contributed by atoms with Crippen molar-refractivity contribution in [2.24, 2.45) is 0 Å². The first kappa shape index (κ1) is 15.8. The van der Waals surface area contributed by atoms with Crippen molar-refractivity contribution in [3.05, 3.63) is 29.6 Å². The van der Waals surface area contributed by atoms with Crippen LogP contribution in [0.2, 0.25) is 0 Å². The summed E-state index contributed by atoms with van der Waals surface area (Å²) in [5.74, 6) is -0.513. The van der Waals surface area contributed by atoms with Crippen LogP contribution in [0.1, 0.15) is 39.2 Å². The van der Waals surface area contributed by atoms with Gasteiger partial charge >= 0.3 is 0 Å². The Balaban J connectivity index is 2.04. The summed E-state index contributed by atoms with van der Waals surface area (Å²) in [6.07, 6.45) is 1.60. The first-order valence-corrected chi connectivity index (χ1v) is 7.45. The Labute approximate surface area is 125 Å². The van der Waals surface area contributed by atoms with Crippen LogP contribution < -0.4 is 15.4 Å². The number of benzene rings is 1. The van der Waals surface area contributed by atoms with E-state index in [1.165, 1.54) is 18.9 Å². The van der Waals surface area contributed by atoms with Gasteiger partial charge in [-0.05, 0) is 39.7 Å². The molecule has 1 aliphatic carbocycles. The van der Waals surface area contributed by atoms with E-state index in [0.29, 0.717) is 12.6 Å². The van der Waals surface area contributed by atoms with Gasteiger partial charge in [-0.1, -0.05) is 12.1 Å². The molecule has 1 amide bonds. The van der Waals surface area contributed by atoms with Crippen LogP contribution >= 0.6 is 0 Å².